The quantitative estimate of drug-likeness (QED) is 0.291. The van der Waals surface area contributed by atoms with Crippen molar-refractivity contribution < 1.29 is 9.59 Å². The second-order valence-electron chi connectivity index (χ2n) is 7.05. The molecule has 3 rings (SSSR count). The van der Waals surface area contributed by atoms with Gasteiger partial charge in [0.25, 0.3) is 11.8 Å². The maximum absolute atomic E-state index is 12.7. The first-order valence-electron chi connectivity index (χ1n) is 10.2. The van der Waals surface area contributed by atoms with Crippen molar-refractivity contribution in [2.45, 2.75) is 30.4 Å². The Kier molecular flexibility index (Phi) is 8.56. The maximum Gasteiger partial charge on any atom is 0.255 e. The van der Waals surface area contributed by atoms with Crippen LogP contribution in [-0.2, 0) is 5.75 Å². The second-order valence-corrected chi connectivity index (χ2v) is 8.53. The number of para-hydroxylation sites is 1. The van der Waals surface area contributed by atoms with Crippen LogP contribution in [0.15, 0.2) is 77.7 Å². The monoisotopic (exact) mass is 452 g/mol. The predicted molar refractivity (Wildman–Crippen MR) is 129 cm³/mol. The average molecular weight is 453 g/mol. The number of hydrogen-bond donors (Lipinski definition) is 2. The summed E-state index contributed by atoms with van der Waals surface area (Å²) in [6.07, 6.45) is 1.93. The van der Waals surface area contributed by atoms with Crippen LogP contribution in [-0.4, -0.2) is 18.4 Å². The van der Waals surface area contributed by atoms with Gasteiger partial charge in [-0.2, -0.15) is 0 Å². The highest BCUT2D eigenvalue weighted by Crippen LogP contribution is 2.24. The molecular weight excluding hydrogens is 428 g/mol. The summed E-state index contributed by atoms with van der Waals surface area (Å²) in [5, 5.41) is 6.48. The smallest absolute Gasteiger partial charge is 0.255 e. The van der Waals surface area contributed by atoms with E-state index >= 15 is 0 Å². The van der Waals surface area contributed by atoms with Gasteiger partial charge in [-0.3, -0.25) is 9.59 Å². The van der Waals surface area contributed by atoms with E-state index in [1.807, 2.05) is 36.4 Å². The Morgan fingerprint density at radius 1 is 0.903 bits per heavy atom. The van der Waals surface area contributed by atoms with Gasteiger partial charge in [0.1, 0.15) is 0 Å². The minimum Gasteiger partial charge on any atom is -0.352 e. The molecule has 31 heavy (non-hydrogen) atoms. The van der Waals surface area contributed by atoms with E-state index in [4.69, 9.17) is 11.6 Å². The van der Waals surface area contributed by atoms with Crippen molar-refractivity contribution in [3.05, 3.63) is 94.5 Å². The Balaban J connectivity index is 1.60. The summed E-state index contributed by atoms with van der Waals surface area (Å²) < 4.78 is 0. The van der Waals surface area contributed by atoms with Crippen LogP contribution in [0.3, 0.4) is 0 Å². The molecule has 0 aliphatic rings. The zero-order chi connectivity index (χ0) is 22.1. The van der Waals surface area contributed by atoms with Crippen LogP contribution in [0.5, 0.6) is 0 Å². The zero-order valence-electron chi connectivity index (χ0n) is 17.4. The van der Waals surface area contributed by atoms with Gasteiger partial charge < -0.3 is 10.6 Å². The number of unbranched alkanes of at least 4 members (excludes halogenated alkanes) is 1. The average Bonchev–Trinajstić information content (AvgIpc) is 2.79. The number of carbonyl (C=O) groups is 2. The van der Waals surface area contributed by atoms with Crippen LogP contribution in [0.25, 0.3) is 0 Å². The Morgan fingerprint density at radius 3 is 2.32 bits per heavy atom. The molecule has 0 aliphatic heterocycles. The van der Waals surface area contributed by atoms with E-state index in [0.717, 1.165) is 34.1 Å². The third kappa shape index (κ3) is 6.88. The molecule has 3 aromatic rings. The molecule has 0 unspecified atom stereocenters. The molecule has 0 heterocycles. The van der Waals surface area contributed by atoms with Gasteiger partial charge in [0.05, 0.1) is 11.3 Å². The van der Waals surface area contributed by atoms with E-state index in [9.17, 15) is 9.59 Å². The fraction of sp³-hybridized carbons (Fsp3) is 0.200. The molecule has 4 nitrogen and oxygen atoms in total. The summed E-state index contributed by atoms with van der Waals surface area (Å²) in [6.45, 7) is 2.69. The molecule has 6 heteroatoms. The molecule has 0 atom stereocenters. The number of hydrogen-bond acceptors (Lipinski definition) is 3. The minimum absolute atomic E-state index is 0.182. The van der Waals surface area contributed by atoms with Crippen molar-refractivity contribution in [3.63, 3.8) is 0 Å². The number of anilines is 1. The molecule has 0 aliphatic carbocycles. The molecule has 160 valence electrons. The summed E-state index contributed by atoms with van der Waals surface area (Å²) in [7, 11) is 0. The van der Waals surface area contributed by atoms with E-state index < -0.39 is 0 Å². The lowest BCUT2D eigenvalue weighted by Crippen LogP contribution is -2.26. The van der Waals surface area contributed by atoms with Crippen LogP contribution in [0.2, 0.25) is 5.02 Å². The van der Waals surface area contributed by atoms with Crippen LogP contribution in [0, 0.1) is 0 Å². The molecule has 0 radical (unpaired) electrons. The lowest BCUT2D eigenvalue weighted by Gasteiger charge is -2.11. The van der Waals surface area contributed by atoms with Gasteiger partial charge in [0.2, 0.25) is 0 Å². The van der Waals surface area contributed by atoms with Gasteiger partial charge in [0, 0.05) is 27.8 Å². The second kappa shape index (κ2) is 11.6. The third-order valence-electron chi connectivity index (χ3n) is 4.67. The maximum atomic E-state index is 12.7. The first kappa shape index (κ1) is 22.9. The van der Waals surface area contributed by atoms with E-state index in [-0.39, 0.29) is 11.8 Å². The molecule has 2 N–H and O–H groups in total. The third-order valence-corrected chi connectivity index (χ3v) is 6.01. The molecule has 0 saturated carbocycles. The summed E-state index contributed by atoms with van der Waals surface area (Å²) in [4.78, 5) is 26.3. The van der Waals surface area contributed by atoms with Gasteiger partial charge in [-0.05, 0) is 60.5 Å². The highest BCUT2D eigenvalue weighted by atomic mass is 35.5. The Bertz CT molecular complexity index is 1020. The van der Waals surface area contributed by atoms with Crippen molar-refractivity contribution in [1.29, 1.82) is 0 Å². The number of amides is 2. The fourth-order valence-electron chi connectivity index (χ4n) is 2.91. The number of rotatable bonds is 9. The predicted octanol–water partition coefficient (Wildman–Crippen LogP) is 6.41. The van der Waals surface area contributed by atoms with Gasteiger partial charge in [-0.1, -0.05) is 49.2 Å². The lowest BCUT2D eigenvalue weighted by molar-refractivity contribution is 0.0954. The van der Waals surface area contributed by atoms with E-state index in [1.54, 1.807) is 48.2 Å². The number of halogens is 1. The normalized spacial score (nSPS) is 10.5. The number of benzene rings is 3. The van der Waals surface area contributed by atoms with Crippen LogP contribution in [0.1, 0.15) is 46.0 Å². The van der Waals surface area contributed by atoms with E-state index in [2.05, 4.69) is 17.6 Å². The number of carbonyl (C=O) groups excluding carboxylic acids is 2. The lowest BCUT2D eigenvalue weighted by atomic mass is 10.1. The SMILES string of the molecule is CCCCNC(=O)c1ccccc1NC(=O)c1ccc(CSc2ccc(Cl)cc2)cc1. The molecule has 3 aromatic carbocycles. The molecule has 0 saturated heterocycles. The van der Waals surface area contributed by atoms with Gasteiger partial charge in [0.15, 0.2) is 0 Å². The molecule has 0 spiro atoms. The Morgan fingerprint density at radius 2 is 1.61 bits per heavy atom. The van der Waals surface area contributed by atoms with Gasteiger partial charge >= 0.3 is 0 Å². The minimum atomic E-state index is -0.245. The molecule has 0 aromatic heterocycles. The van der Waals surface area contributed by atoms with Crippen molar-refractivity contribution in [3.8, 4) is 0 Å². The standard InChI is InChI=1S/C25H25ClN2O2S/c1-2-3-16-27-25(30)22-6-4-5-7-23(22)28-24(29)19-10-8-18(9-11-19)17-31-21-14-12-20(26)13-15-21/h4-15H,2-3,16-17H2,1H3,(H,27,30)(H,28,29). The highest BCUT2D eigenvalue weighted by Gasteiger charge is 2.13. The Labute approximate surface area is 192 Å². The van der Waals surface area contributed by atoms with Crippen LogP contribution >= 0.6 is 23.4 Å². The van der Waals surface area contributed by atoms with Crippen molar-refractivity contribution in [1.82, 2.24) is 5.32 Å². The number of nitrogens with one attached hydrogen (secondary N) is 2. The summed E-state index contributed by atoms with van der Waals surface area (Å²) in [5.74, 6) is 0.370. The van der Waals surface area contributed by atoms with Crippen LogP contribution in [0.4, 0.5) is 5.69 Å². The van der Waals surface area contributed by atoms with Gasteiger partial charge in [-0.15, -0.1) is 11.8 Å². The van der Waals surface area contributed by atoms with E-state index in [0.29, 0.717) is 23.4 Å². The zero-order valence-corrected chi connectivity index (χ0v) is 18.9. The summed E-state index contributed by atoms with van der Waals surface area (Å²) in [5.41, 5.74) is 2.63. The molecule has 0 fully saturated rings. The summed E-state index contributed by atoms with van der Waals surface area (Å²) >= 11 is 7.63. The first-order valence-corrected chi connectivity index (χ1v) is 11.6. The highest BCUT2D eigenvalue weighted by molar-refractivity contribution is 7.98. The molecular formula is C25H25ClN2O2S. The molecule has 0 bridgehead atoms. The first-order chi connectivity index (χ1) is 15.1. The largest absolute Gasteiger partial charge is 0.352 e. The number of thioether (sulfide) groups is 1. The van der Waals surface area contributed by atoms with Gasteiger partial charge in [-0.25, -0.2) is 0 Å². The molecule has 2 amide bonds. The topological polar surface area (TPSA) is 58.2 Å². The fourth-order valence-corrected chi connectivity index (χ4v) is 3.89. The Hall–Kier alpha value is -2.76. The van der Waals surface area contributed by atoms with Crippen molar-refractivity contribution in [2.75, 3.05) is 11.9 Å². The summed E-state index contributed by atoms with van der Waals surface area (Å²) in [6, 6.07) is 22.3. The van der Waals surface area contributed by atoms with Crippen molar-refractivity contribution in [2.24, 2.45) is 0 Å². The van der Waals surface area contributed by atoms with Crippen molar-refractivity contribution >= 4 is 40.9 Å². The van der Waals surface area contributed by atoms with Crippen LogP contribution < -0.4 is 10.6 Å². The van der Waals surface area contributed by atoms with E-state index in [1.165, 1.54) is 0 Å².